The van der Waals surface area contributed by atoms with Crippen molar-refractivity contribution in [1.29, 1.82) is 0 Å². The second-order valence-electron chi connectivity index (χ2n) is 9.46. The monoisotopic (exact) mass is 474 g/mol. The van der Waals surface area contributed by atoms with Crippen LogP contribution in [0.3, 0.4) is 0 Å². The molecule has 2 aliphatic heterocycles. The Morgan fingerprint density at radius 1 is 1.23 bits per heavy atom. The smallest absolute Gasteiger partial charge is 0.155 e. The maximum Gasteiger partial charge on any atom is 0.155 e. The van der Waals surface area contributed by atoms with Crippen molar-refractivity contribution in [3.05, 3.63) is 60.1 Å². The molecule has 1 unspecified atom stereocenters. The van der Waals surface area contributed by atoms with Gasteiger partial charge in [0.1, 0.15) is 5.84 Å². The summed E-state index contributed by atoms with van der Waals surface area (Å²) < 4.78 is 9.30. The molecular weight excluding hydrogens is 440 g/mol. The maximum absolute atomic E-state index is 9.59. The van der Waals surface area contributed by atoms with E-state index in [4.69, 9.17) is 19.8 Å². The van der Waals surface area contributed by atoms with Gasteiger partial charge in [0.15, 0.2) is 5.84 Å². The lowest BCUT2D eigenvalue weighted by atomic mass is 10.0. The van der Waals surface area contributed by atoms with Gasteiger partial charge in [-0.1, -0.05) is 13.0 Å². The second kappa shape index (κ2) is 10.3. The van der Waals surface area contributed by atoms with Gasteiger partial charge in [-0.3, -0.25) is 4.90 Å². The molecule has 2 aromatic heterocycles. The van der Waals surface area contributed by atoms with Gasteiger partial charge in [0.05, 0.1) is 24.1 Å². The molecule has 1 N–H and O–H groups in total. The minimum atomic E-state index is -0.201. The van der Waals surface area contributed by atoms with Gasteiger partial charge in [-0.2, -0.15) is 5.10 Å². The van der Waals surface area contributed by atoms with E-state index in [2.05, 4.69) is 59.1 Å². The summed E-state index contributed by atoms with van der Waals surface area (Å²) in [5, 5.41) is 15.5. The van der Waals surface area contributed by atoms with Gasteiger partial charge in [0, 0.05) is 68.1 Å². The van der Waals surface area contributed by atoms with E-state index in [1.807, 2.05) is 17.7 Å². The third-order valence-electron chi connectivity index (χ3n) is 6.88. The van der Waals surface area contributed by atoms with Crippen molar-refractivity contribution in [2.24, 2.45) is 15.9 Å². The molecule has 1 fully saturated rings. The van der Waals surface area contributed by atoms with Crippen LogP contribution in [0.5, 0.6) is 0 Å². The molecule has 0 spiro atoms. The second-order valence-corrected chi connectivity index (χ2v) is 9.46. The molecule has 5 rings (SSSR count). The molecule has 4 heterocycles. The van der Waals surface area contributed by atoms with E-state index in [1.54, 1.807) is 7.11 Å². The number of aromatic nitrogens is 3. The molecule has 3 aromatic rings. The van der Waals surface area contributed by atoms with E-state index in [0.29, 0.717) is 6.61 Å². The third kappa shape index (κ3) is 5.15. The summed E-state index contributed by atoms with van der Waals surface area (Å²) in [6.45, 7) is 7.97. The summed E-state index contributed by atoms with van der Waals surface area (Å²) >= 11 is 0. The molecule has 1 saturated heterocycles. The highest BCUT2D eigenvalue weighted by atomic mass is 16.5. The van der Waals surface area contributed by atoms with Crippen LogP contribution < -0.4 is 0 Å². The van der Waals surface area contributed by atoms with Gasteiger partial charge in [0.25, 0.3) is 0 Å². The number of aliphatic hydroxyl groups is 1. The first kappa shape index (κ1) is 23.7. The summed E-state index contributed by atoms with van der Waals surface area (Å²) in [5.74, 6) is 1.88. The fourth-order valence-corrected chi connectivity index (χ4v) is 4.74. The number of β-amino-alcohol motifs (C(OH)–C–C–N with tert-alkyl or cyclic N) is 1. The van der Waals surface area contributed by atoms with Gasteiger partial charge in [-0.25, -0.2) is 14.7 Å². The van der Waals surface area contributed by atoms with E-state index in [-0.39, 0.29) is 12.0 Å². The van der Waals surface area contributed by atoms with Crippen LogP contribution >= 0.6 is 0 Å². The van der Waals surface area contributed by atoms with Crippen LogP contribution in [0.1, 0.15) is 31.0 Å². The van der Waals surface area contributed by atoms with E-state index >= 15 is 0 Å². The molecule has 35 heavy (non-hydrogen) atoms. The van der Waals surface area contributed by atoms with Gasteiger partial charge < -0.3 is 14.4 Å². The predicted molar refractivity (Wildman–Crippen MR) is 140 cm³/mol. The van der Waals surface area contributed by atoms with Gasteiger partial charge >= 0.3 is 0 Å². The Morgan fingerprint density at radius 2 is 2.09 bits per heavy atom. The summed E-state index contributed by atoms with van der Waals surface area (Å²) in [7, 11) is 1.73. The van der Waals surface area contributed by atoms with Gasteiger partial charge in [-0.05, 0) is 50.1 Å². The number of allylic oxidation sites excluding steroid dienone is 2. The van der Waals surface area contributed by atoms with Crippen LogP contribution in [0.25, 0.3) is 10.9 Å². The van der Waals surface area contributed by atoms with Crippen molar-refractivity contribution in [2.45, 2.75) is 45.9 Å². The van der Waals surface area contributed by atoms with E-state index in [1.165, 1.54) is 5.52 Å². The third-order valence-corrected chi connectivity index (χ3v) is 6.88. The molecule has 1 atom stereocenters. The number of nitrogens with zero attached hydrogens (tertiary/aromatic N) is 6. The number of aliphatic hydroxyl groups excluding tert-OH is 1. The molecule has 184 valence electrons. The van der Waals surface area contributed by atoms with Crippen LogP contribution in [0, 0.1) is 12.8 Å². The number of benzene rings is 1. The highest BCUT2D eigenvalue weighted by molar-refractivity contribution is 6.05. The maximum atomic E-state index is 9.59. The number of amidine groups is 1. The quantitative estimate of drug-likeness (QED) is 0.563. The molecule has 8 heteroatoms. The summed E-state index contributed by atoms with van der Waals surface area (Å²) in [4.78, 5) is 12.2. The number of likely N-dealkylation sites (tertiary alicyclic amines) is 1. The molecule has 0 radical (unpaired) electrons. The number of aliphatic imine (C=N–C) groups is 2. The van der Waals surface area contributed by atoms with Crippen LogP contribution in [-0.2, 0) is 17.8 Å². The van der Waals surface area contributed by atoms with Gasteiger partial charge in [-0.15, -0.1) is 0 Å². The average Bonchev–Trinajstić information content (AvgIpc) is 3.33. The van der Waals surface area contributed by atoms with Gasteiger partial charge in [0.2, 0.25) is 0 Å². The summed E-state index contributed by atoms with van der Waals surface area (Å²) in [6, 6.07) is 8.45. The number of rotatable bonds is 7. The molecule has 8 nitrogen and oxygen atoms in total. The van der Waals surface area contributed by atoms with Crippen molar-refractivity contribution >= 4 is 28.3 Å². The minimum Gasteiger partial charge on any atom is -0.390 e. The lowest BCUT2D eigenvalue weighted by Crippen LogP contribution is -2.49. The number of methoxy groups -OCH3 is 1. The predicted octanol–water partition coefficient (Wildman–Crippen LogP) is 3.93. The normalized spacial score (nSPS) is 20.4. The van der Waals surface area contributed by atoms with Crippen molar-refractivity contribution in [1.82, 2.24) is 19.2 Å². The standard InChI is InChI=1S/C27H34N6O2/c1-4-20-6-5-7-26(33-16-22(19(2)30-33)15-31-17-24(34)18-31)29-27(20)28-23-8-9-25-21(14-23)10-11-32(25)12-13-35-3/h5,7-11,14,16,20,24,34H,4,6,12-13,15,17-18H2,1-3H3. The van der Waals surface area contributed by atoms with Crippen molar-refractivity contribution in [3.63, 3.8) is 0 Å². The number of hydrogen-bond acceptors (Lipinski definition) is 5. The topological polar surface area (TPSA) is 80.2 Å². The highest BCUT2D eigenvalue weighted by Crippen LogP contribution is 2.26. The zero-order valence-corrected chi connectivity index (χ0v) is 20.8. The van der Waals surface area contributed by atoms with Crippen molar-refractivity contribution < 1.29 is 9.84 Å². The zero-order valence-electron chi connectivity index (χ0n) is 20.8. The van der Waals surface area contributed by atoms with Crippen LogP contribution in [0.4, 0.5) is 5.69 Å². The first-order valence-corrected chi connectivity index (χ1v) is 12.4. The number of ether oxygens (including phenoxy) is 1. The minimum absolute atomic E-state index is 0.201. The van der Waals surface area contributed by atoms with Crippen LogP contribution in [0.2, 0.25) is 0 Å². The first-order chi connectivity index (χ1) is 17.0. The van der Waals surface area contributed by atoms with E-state index in [0.717, 1.165) is 73.0 Å². The van der Waals surface area contributed by atoms with E-state index < -0.39 is 0 Å². The average molecular weight is 475 g/mol. The Bertz CT molecular complexity index is 1280. The van der Waals surface area contributed by atoms with Crippen molar-refractivity contribution in [2.75, 3.05) is 26.8 Å². The molecule has 0 bridgehead atoms. The lowest BCUT2D eigenvalue weighted by molar-refractivity contribution is -0.00297. The van der Waals surface area contributed by atoms with Crippen molar-refractivity contribution in [3.8, 4) is 0 Å². The number of aryl methyl sites for hydroxylation is 1. The largest absolute Gasteiger partial charge is 0.390 e. The van der Waals surface area contributed by atoms with E-state index in [9.17, 15) is 5.11 Å². The Kier molecular flexibility index (Phi) is 6.95. The highest BCUT2D eigenvalue weighted by Gasteiger charge is 2.25. The zero-order chi connectivity index (χ0) is 24.4. The Balaban J connectivity index is 1.43. The first-order valence-electron chi connectivity index (χ1n) is 12.4. The Morgan fingerprint density at radius 3 is 2.86 bits per heavy atom. The Labute approximate surface area is 206 Å². The summed E-state index contributed by atoms with van der Waals surface area (Å²) in [5.41, 5.74) is 4.24. The SMILES string of the molecule is CCC1CC=CC(n2cc(CN3CC(O)C3)c(C)n2)=NC1=Nc1ccc2c(ccn2CCOC)c1. The molecular formula is C27H34N6O2. The summed E-state index contributed by atoms with van der Waals surface area (Å²) in [6.07, 6.45) is 10.0. The fraction of sp³-hybridized carbons (Fsp3) is 0.444. The number of fused-ring (bicyclic) bond motifs is 1. The molecule has 0 saturated carbocycles. The fourth-order valence-electron chi connectivity index (χ4n) is 4.74. The molecule has 0 amide bonds. The molecule has 0 aliphatic carbocycles. The van der Waals surface area contributed by atoms with Crippen LogP contribution in [-0.4, -0.2) is 68.9 Å². The number of hydrogen-bond donors (Lipinski definition) is 1. The lowest BCUT2D eigenvalue weighted by Gasteiger charge is -2.35. The molecule has 2 aliphatic rings. The Hall–Kier alpha value is -3.07. The molecule has 1 aromatic carbocycles. The van der Waals surface area contributed by atoms with Crippen LogP contribution in [0.15, 0.2) is 58.8 Å².